The Morgan fingerprint density at radius 2 is 1.76 bits per heavy atom. The van der Waals surface area contributed by atoms with Crippen LogP contribution in [-0.4, -0.2) is 25.2 Å². The molecule has 0 unspecified atom stereocenters. The molecule has 0 spiro atoms. The predicted octanol–water partition coefficient (Wildman–Crippen LogP) is 4.65. The zero-order valence-corrected chi connectivity index (χ0v) is 16.7. The van der Waals surface area contributed by atoms with E-state index in [0.29, 0.717) is 31.1 Å². The lowest BCUT2D eigenvalue weighted by Gasteiger charge is -2.23. The van der Waals surface area contributed by atoms with Crippen LogP contribution in [-0.2, 0) is 4.79 Å². The minimum Gasteiger partial charge on any atom is -0.486 e. The fourth-order valence-electron chi connectivity index (χ4n) is 3.45. The molecule has 1 N–H and O–H groups in total. The van der Waals surface area contributed by atoms with Crippen LogP contribution in [0.1, 0.15) is 31.9 Å². The van der Waals surface area contributed by atoms with Crippen molar-refractivity contribution < 1.29 is 19.0 Å². The van der Waals surface area contributed by atoms with Gasteiger partial charge in [-0.05, 0) is 53.9 Å². The Hall–Kier alpha value is -3.21. The van der Waals surface area contributed by atoms with Gasteiger partial charge in [-0.2, -0.15) is 0 Å². The van der Waals surface area contributed by atoms with E-state index in [9.17, 15) is 4.79 Å². The van der Waals surface area contributed by atoms with E-state index in [1.807, 2.05) is 68.4 Å². The van der Waals surface area contributed by atoms with Crippen molar-refractivity contribution in [3.63, 3.8) is 0 Å². The molecule has 1 heterocycles. The molecule has 0 saturated heterocycles. The molecule has 5 heteroatoms. The van der Waals surface area contributed by atoms with E-state index in [0.717, 1.165) is 22.1 Å². The van der Waals surface area contributed by atoms with Crippen molar-refractivity contribution in [2.24, 2.45) is 0 Å². The zero-order valence-electron chi connectivity index (χ0n) is 16.7. The maximum atomic E-state index is 12.8. The van der Waals surface area contributed by atoms with Crippen LogP contribution in [0.25, 0.3) is 10.8 Å². The van der Waals surface area contributed by atoms with Crippen molar-refractivity contribution in [3.05, 3.63) is 66.2 Å². The second-order valence-corrected chi connectivity index (χ2v) is 7.16. The fourth-order valence-corrected chi connectivity index (χ4v) is 3.45. The quantitative estimate of drug-likeness (QED) is 0.665. The summed E-state index contributed by atoms with van der Waals surface area (Å²) in [5.41, 5.74) is 0.961. The summed E-state index contributed by atoms with van der Waals surface area (Å²) >= 11 is 0. The van der Waals surface area contributed by atoms with Crippen molar-refractivity contribution >= 4 is 16.7 Å². The molecule has 150 valence electrons. The third-order valence-electron chi connectivity index (χ3n) is 5.09. The molecule has 29 heavy (non-hydrogen) atoms. The van der Waals surface area contributed by atoms with Crippen LogP contribution in [0.2, 0.25) is 0 Å². The second kappa shape index (κ2) is 8.43. The Labute approximate surface area is 170 Å². The molecule has 0 aliphatic carbocycles. The minimum atomic E-state index is -0.559. The van der Waals surface area contributed by atoms with Crippen molar-refractivity contribution in [2.75, 3.05) is 13.2 Å². The van der Waals surface area contributed by atoms with E-state index in [-0.39, 0.29) is 11.9 Å². The fraction of sp³-hybridized carbons (Fsp3) is 0.292. The topological polar surface area (TPSA) is 56.8 Å². The van der Waals surface area contributed by atoms with Crippen molar-refractivity contribution in [1.82, 2.24) is 5.32 Å². The molecule has 0 fully saturated rings. The summed E-state index contributed by atoms with van der Waals surface area (Å²) in [6.07, 6.45) is 0.0165. The third kappa shape index (κ3) is 4.29. The molecular formula is C24H25NO4. The van der Waals surface area contributed by atoms with Crippen LogP contribution in [0, 0.1) is 0 Å². The maximum absolute atomic E-state index is 12.8. The van der Waals surface area contributed by atoms with Gasteiger partial charge in [0, 0.05) is 0 Å². The predicted molar refractivity (Wildman–Crippen MR) is 113 cm³/mol. The van der Waals surface area contributed by atoms with Crippen LogP contribution in [0.3, 0.4) is 0 Å². The van der Waals surface area contributed by atoms with Gasteiger partial charge < -0.3 is 19.5 Å². The van der Waals surface area contributed by atoms with Gasteiger partial charge in [0.1, 0.15) is 19.0 Å². The molecule has 2 atom stereocenters. The molecule has 0 bridgehead atoms. The number of ether oxygens (including phenoxy) is 3. The number of benzene rings is 3. The standard InChI is InChI=1S/C24H25NO4/c1-3-21(29-20-10-8-17-6-4-5-7-19(17)14-20)24(26)25-16(2)18-9-11-22-23(15-18)28-13-12-27-22/h4-11,14-16,21H,3,12-13H2,1-2H3,(H,25,26)/t16-,21+/m0/s1. The number of amides is 1. The van der Waals surface area contributed by atoms with Crippen molar-refractivity contribution in [1.29, 1.82) is 0 Å². The molecule has 1 aliphatic rings. The first-order valence-corrected chi connectivity index (χ1v) is 9.99. The first-order chi connectivity index (χ1) is 14.1. The van der Waals surface area contributed by atoms with E-state index < -0.39 is 6.10 Å². The smallest absolute Gasteiger partial charge is 0.261 e. The van der Waals surface area contributed by atoms with E-state index >= 15 is 0 Å². The van der Waals surface area contributed by atoms with E-state index in [4.69, 9.17) is 14.2 Å². The molecule has 1 amide bonds. The average molecular weight is 391 g/mol. The number of hydrogen-bond acceptors (Lipinski definition) is 4. The van der Waals surface area contributed by atoms with Crippen LogP contribution in [0.15, 0.2) is 60.7 Å². The van der Waals surface area contributed by atoms with Crippen LogP contribution in [0.4, 0.5) is 0 Å². The molecule has 3 aromatic carbocycles. The highest BCUT2D eigenvalue weighted by atomic mass is 16.6. The van der Waals surface area contributed by atoms with Gasteiger partial charge >= 0.3 is 0 Å². The SMILES string of the molecule is CC[C@@H](Oc1ccc2ccccc2c1)C(=O)N[C@@H](C)c1ccc2c(c1)OCCO2. The highest BCUT2D eigenvalue weighted by Gasteiger charge is 2.22. The molecule has 4 rings (SSSR count). The summed E-state index contributed by atoms with van der Waals surface area (Å²) in [7, 11) is 0. The number of carbonyl (C=O) groups excluding carboxylic acids is 1. The Kier molecular flexibility index (Phi) is 5.56. The Morgan fingerprint density at radius 3 is 2.55 bits per heavy atom. The van der Waals surface area contributed by atoms with Crippen molar-refractivity contribution in [2.45, 2.75) is 32.4 Å². The second-order valence-electron chi connectivity index (χ2n) is 7.16. The third-order valence-corrected chi connectivity index (χ3v) is 5.09. The average Bonchev–Trinajstić information content (AvgIpc) is 2.76. The van der Waals surface area contributed by atoms with Crippen LogP contribution in [0.5, 0.6) is 17.2 Å². The summed E-state index contributed by atoms with van der Waals surface area (Å²) in [6, 6.07) is 19.5. The number of rotatable bonds is 6. The number of nitrogens with one attached hydrogen (secondary N) is 1. The van der Waals surface area contributed by atoms with Gasteiger partial charge in [0.05, 0.1) is 6.04 Å². The first-order valence-electron chi connectivity index (χ1n) is 9.99. The number of carbonyl (C=O) groups is 1. The van der Waals surface area contributed by atoms with E-state index in [1.54, 1.807) is 0 Å². The molecule has 3 aromatic rings. The van der Waals surface area contributed by atoms with Gasteiger partial charge in [0.15, 0.2) is 17.6 Å². The minimum absolute atomic E-state index is 0.136. The monoisotopic (exact) mass is 391 g/mol. The molecule has 0 radical (unpaired) electrons. The van der Waals surface area contributed by atoms with Gasteiger partial charge in [-0.15, -0.1) is 0 Å². The Bertz CT molecular complexity index is 1020. The summed E-state index contributed by atoms with van der Waals surface area (Å²) in [4.78, 5) is 12.8. The van der Waals surface area contributed by atoms with Crippen molar-refractivity contribution in [3.8, 4) is 17.2 Å². The number of fused-ring (bicyclic) bond motifs is 2. The summed E-state index contributed by atoms with van der Waals surface area (Å²) in [5, 5.41) is 5.28. The van der Waals surface area contributed by atoms with Gasteiger partial charge in [0.25, 0.3) is 5.91 Å². The van der Waals surface area contributed by atoms with Gasteiger partial charge in [-0.1, -0.05) is 43.3 Å². The lowest BCUT2D eigenvalue weighted by Crippen LogP contribution is -2.39. The molecule has 0 saturated carbocycles. The van der Waals surface area contributed by atoms with E-state index in [1.165, 1.54) is 0 Å². The maximum Gasteiger partial charge on any atom is 0.261 e. The zero-order chi connectivity index (χ0) is 20.2. The molecule has 1 aliphatic heterocycles. The van der Waals surface area contributed by atoms with Gasteiger partial charge in [-0.3, -0.25) is 4.79 Å². The van der Waals surface area contributed by atoms with Gasteiger partial charge in [0.2, 0.25) is 0 Å². The summed E-state index contributed by atoms with van der Waals surface area (Å²) in [6.45, 7) is 4.99. The Morgan fingerprint density at radius 1 is 1.00 bits per heavy atom. The summed E-state index contributed by atoms with van der Waals surface area (Å²) in [5.74, 6) is 2.01. The highest BCUT2D eigenvalue weighted by molar-refractivity contribution is 5.84. The number of hydrogen-bond donors (Lipinski definition) is 1. The molecule has 5 nitrogen and oxygen atoms in total. The lowest BCUT2D eigenvalue weighted by atomic mass is 10.1. The highest BCUT2D eigenvalue weighted by Crippen LogP contribution is 2.32. The Balaban J connectivity index is 1.44. The first kappa shape index (κ1) is 19.1. The molecule has 0 aromatic heterocycles. The van der Waals surface area contributed by atoms with Crippen LogP contribution >= 0.6 is 0 Å². The van der Waals surface area contributed by atoms with Crippen LogP contribution < -0.4 is 19.5 Å². The van der Waals surface area contributed by atoms with Gasteiger partial charge in [-0.25, -0.2) is 0 Å². The molecular weight excluding hydrogens is 366 g/mol. The lowest BCUT2D eigenvalue weighted by molar-refractivity contribution is -0.128. The summed E-state index contributed by atoms with van der Waals surface area (Å²) < 4.78 is 17.2. The normalized spacial score (nSPS) is 14.8. The largest absolute Gasteiger partial charge is 0.486 e. The van der Waals surface area contributed by atoms with E-state index in [2.05, 4.69) is 11.4 Å².